The van der Waals surface area contributed by atoms with Crippen LogP contribution in [0.3, 0.4) is 0 Å². The molecule has 1 N–H and O–H groups in total. The lowest BCUT2D eigenvalue weighted by Gasteiger charge is -2.22. The van der Waals surface area contributed by atoms with Gasteiger partial charge in [0.1, 0.15) is 11.3 Å². The number of thioether (sulfide) groups is 1. The minimum atomic E-state index is -0.380. The highest BCUT2D eigenvalue weighted by atomic mass is 32.2. The van der Waals surface area contributed by atoms with E-state index in [-0.39, 0.29) is 5.54 Å². The number of nitrogens with zero attached hydrogens (tertiary/aromatic N) is 1. The van der Waals surface area contributed by atoms with Gasteiger partial charge in [0.15, 0.2) is 0 Å². The summed E-state index contributed by atoms with van der Waals surface area (Å²) in [6.45, 7) is 4.85. The molecule has 0 radical (unpaired) electrons. The van der Waals surface area contributed by atoms with Gasteiger partial charge in [0.2, 0.25) is 0 Å². The number of ether oxygens (including phenoxy) is 1. The van der Waals surface area contributed by atoms with Crippen molar-refractivity contribution in [1.82, 2.24) is 5.32 Å². The van der Waals surface area contributed by atoms with Gasteiger partial charge in [0.05, 0.1) is 13.2 Å². The predicted octanol–water partition coefficient (Wildman–Crippen LogP) is 3.85. The number of hydrogen-bond donors (Lipinski definition) is 1. The summed E-state index contributed by atoms with van der Waals surface area (Å²) in [6.07, 6.45) is 3.08. The summed E-state index contributed by atoms with van der Waals surface area (Å²) in [7, 11) is 1.69. The molecule has 0 aliphatic heterocycles. The number of methoxy groups -OCH3 is 1. The van der Waals surface area contributed by atoms with Crippen LogP contribution in [0.2, 0.25) is 0 Å². The highest BCUT2D eigenvalue weighted by molar-refractivity contribution is 7.99. The van der Waals surface area contributed by atoms with Crippen LogP contribution in [0.4, 0.5) is 0 Å². The Morgan fingerprint density at radius 1 is 1.40 bits per heavy atom. The number of rotatable bonds is 9. The molecule has 0 aromatic heterocycles. The van der Waals surface area contributed by atoms with Crippen molar-refractivity contribution >= 4 is 11.8 Å². The summed E-state index contributed by atoms with van der Waals surface area (Å²) >= 11 is 1.84. The number of hydrogen-bond acceptors (Lipinski definition) is 4. The van der Waals surface area contributed by atoms with E-state index in [1.807, 2.05) is 37.7 Å². The van der Waals surface area contributed by atoms with Gasteiger partial charge < -0.3 is 4.74 Å². The average molecular weight is 292 g/mol. The Bertz CT molecular complexity index is 444. The summed E-state index contributed by atoms with van der Waals surface area (Å²) in [5.74, 6) is 1.97. The first kappa shape index (κ1) is 16.9. The number of unbranched alkanes of at least 4 members (excludes halogenated alkanes) is 1. The highest BCUT2D eigenvalue weighted by Crippen LogP contribution is 2.24. The molecular weight excluding hydrogens is 268 g/mol. The van der Waals surface area contributed by atoms with Gasteiger partial charge in [-0.15, -0.1) is 11.8 Å². The molecule has 0 amide bonds. The fraction of sp³-hybridized carbons (Fsp3) is 0.562. The Labute approximate surface area is 126 Å². The zero-order valence-electron chi connectivity index (χ0n) is 12.6. The maximum Gasteiger partial charge on any atom is 0.119 e. The van der Waals surface area contributed by atoms with Gasteiger partial charge in [-0.2, -0.15) is 5.26 Å². The quantitative estimate of drug-likeness (QED) is 0.554. The van der Waals surface area contributed by atoms with E-state index in [1.54, 1.807) is 7.11 Å². The van der Waals surface area contributed by atoms with Crippen LogP contribution in [-0.4, -0.2) is 24.9 Å². The first-order chi connectivity index (χ1) is 9.63. The van der Waals surface area contributed by atoms with Crippen molar-refractivity contribution in [3.8, 4) is 11.8 Å². The van der Waals surface area contributed by atoms with Crippen molar-refractivity contribution in [3.05, 3.63) is 24.3 Å². The minimum absolute atomic E-state index is 0.380. The molecule has 1 rings (SSSR count). The third kappa shape index (κ3) is 5.85. The summed E-state index contributed by atoms with van der Waals surface area (Å²) in [4.78, 5) is 1.24. The fourth-order valence-electron chi connectivity index (χ4n) is 2.04. The van der Waals surface area contributed by atoms with Crippen molar-refractivity contribution < 1.29 is 4.74 Å². The second-order valence-electron chi connectivity index (χ2n) is 4.96. The topological polar surface area (TPSA) is 45.0 Å². The van der Waals surface area contributed by atoms with Crippen LogP contribution in [0, 0.1) is 11.3 Å². The lowest BCUT2D eigenvalue weighted by Crippen LogP contribution is -2.40. The smallest absolute Gasteiger partial charge is 0.119 e. The van der Waals surface area contributed by atoms with Crippen LogP contribution in [0.15, 0.2) is 29.2 Å². The monoisotopic (exact) mass is 292 g/mol. The molecule has 1 unspecified atom stereocenters. The van der Waals surface area contributed by atoms with E-state index in [0.717, 1.165) is 37.3 Å². The van der Waals surface area contributed by atoms with E-state index in [2.05, 4.69) is 23.5 Å². The highest BCUT2D eigenvalue weighted by Gasteiger charge is 2.20. The fourth-order valence-corrected chi connectivity index (χ4v) is 2.99. The van der Waals surface area contributed by atoms with Gasteiger partial charge in [-0.3, -0.25) is 5.32 Å². The number of nitrogens with one attached hydrogen (secondary N) is 1. The molecular formula is C16H24N2OS. The van der Waals surface area contributed by atoms with E-state index in [1.165, 1.54) is 4.90 Å². The second kappa shape index (κ2) is 8.89. The first-order valence-electron chi connectivity index (χ1n) is 7.06. The Morgan fingerprint density at radius 3 is 2.85 bits per heavy atom. The van der Waals surface area contributed by atoms with Crippen LogP contribution in [-0.2, 0) is 0 Å². The zero-order chi connectivity index (χ0) is 14.8. The minimum Gasteiger partial charge on any atom is -0.497 e. The van der Waals surface area contributed by atoms with Gasteiger partial charge >= 0.3 is 0 Å². The molecule has 20 heavy (non-hydrogen) atoms. The molecule has 1 aromatic carbocycles. The summed E-state index contributed by atoms with van der Waals surface area (Å²) in [5.41, 5.74) is -0.380. The van der Waals surface area contributed by atoms with Crippen LogP contribution in [0.1, 0.15) is 33.1 Å². The lowest BCUT2D eigenvalue weighted by atomic mass is 9.97. The summed E-state index contributed by atoms with van der Waals surface area (Å²) in [6, 6.07) is 10.5. The molecule has 110 valence electrons. The molecule has 0 saturated heterocycles. The van der Waals surface area contributed by atoms with Crippen molar-refractivity contribution in [2.24, 2.45) is 0 Å². The van der Waals surface area contributed by atoms with Crippen molar-refractivity contribution in [1.29, 1.82) is 5.26 Å². The van der Waals surface area contributed by atoms with Crippen molar-refractivity contribution in [3.63, 3.8) is 0 Å². The average Bonchev–Trinajstić information content (AvgIpc) is 2.47. The lowest BCUT2D eigenvalue weighted by molar-refractivity contribution is 0.413. The number of nitriles is 1. The molecule has 1 aromatic rings. The van der Waals surface area contributed by atoms with Crippen LogP contribution >= 0.6 is 11.8 Å². The van der Waals surface area contributed by atoms with Crippen molar-refractivity contribution in [2.45, 2.75) is 43.5 Å². The van der Waals surface area contributed by atoms with Crippen molar-refractivity contribution in [2.75, 3.05) is 19.4 Å². The Kier molecular flexibility index (Phi) is 7.50. The molecule has 0 bridgehead atoms. The van der Waals surface area contributed by atoms with E-state index >= 15 is 0 Å². The SMILES string of the molecule is CCNC(C)(C#N)CCCCSc1cccc(OC)c1. The molecule has 0 aliphatic carbocycles. The summed E-state index contributed by atoms with van der Waals surface area (Å²) in [5, 5.41) is 12.4. The first-order valence-corrected chi connectivity index (χ1v) is 8.05. The molecule has 0 spiro atoms. The third-order valence-electron chi connectivity index (χ3n) is 3.19. The zero-order valence-corrected chi connectivity index (χ0v) is 13.4. The largest absolute Gasteiger partial charge is 0.497 e. The standard InChI is InChI=1S/C16H24N2OS/c1-4-18-16(2,13-17)10-5-6-11-20-15-9-7-8-14(12-15)19-3/h7-9,12,18H,4-6,10-11H2,1-3H3. The maximum atomic E-state index is 9.18. The van der Waals surface area contributed by atoms with Crippen LogP contribution in [0.25, 0.3) is 0 Å². The molecule has 0 saturated carbocycles. The normalized spacial score (nSPS) is 13.5. The van der Waals surface area contributed by atoms with Crippen LogP contribution < -0.4 is 10.1 Å². The van der Waals surface area contributed by atoms with E-state index in [9.17, 15) is 5.26 Å². The molecule has 0 heterocycles. The van der Waals surface area contributed by atoms with E-state index in [4.69, 9.17) is 4.74 Å². The van der Waals surface area contributed by atoms with E-state index in [0.29, 0.717) is 0 Å². The molecule has 1 atom stereocenters. The van der Waals surface area contributed by atoms with Gasteiger partial charge in [-0.1, -0.05) is 13.0 Å². The van der Waals surface area contributed by atoms with Gasteiger partial charge in [0, 0.05) is 4.90 Å². The molecule has 0 aliphatic rings. The van der Waals surface area contributed by atoms with E-state index < -0.39 is 0 Å². The second-order valence-corrected chi connectivity index (χ2v) is 6.13. The van der Waals surface area contributed by atoms with Gasteiger partial charge in [-0.05, 0) is 56.7 Å². The Morgan fingerprint density at radius 2 is 2.20 bits per heavy atom. The Balaban J connectivity index is 2.26. The van der Waals surface area contributed by atoms with Gasteiger partial charge in [-0.25, -0.2) is 0 Å². The summed E-state index contributed by atoms with van der Waals surface area (Å²) < 4.78 is 5.21. The molecule has 4 heteroatoms. The predicted molar refractivity (Wildman–Crippen MR) is 85.3 cm³/mol. The Hall–Kier alpha value is -1.18. The molecule has 3 nitrogen and oxygen atoms in total. The molecule has 0 fully saturated rings. The van der Waals surface area contributed by atoms with Gasteiger partial charge in [0.25, 0.3) is 0 Å². The third-order valence-corrected chi connectivity index (χ3v) is 4.27. The maximum absolute atomic E-state index is 9.18. The number of benzene rings is 1. The van der Waals surface area contributed by atoms with Crippen LogP contribution in [0.5, 0.6) is 5.75 Å².